The van der Waals surface area contributed by atoms with Gasteiger partial charge in [0.2, 0.25) is 0 Å². The van der Waals surface area contributed by atoms with Gasteiger partial charge in [0.1, 0.15) is 0 Å². The summed E-state index contributed by atoms with van der Waals surface area (Å²) in [6, 6.07) is 7.66. The van der Waals surface area contributed by atoms with E-state index in [4.69, 9.17) is 15.2 Å². The van der Waals surface area contributed by atoms with E-state index in [1.807, 2.05) is 24.3 Å². The first-order chi connectivity index (χ1) is 9.17. The van der Waals surface area contributed by atoms with Crippen LogP contribution in [0.15, 0.2) is 24.3 Å². The van der Waals surface area contributed by atoms with Crippen molar-refractivity contribution in [2.24, 2.45) is 0 Å². The number of hydrogen-bond acceptors (Lipinski definition) is 6. The number of anilines is 1. The molecule has 2 N–H and O–H groups in total. The fourth-order valence-electron chi connectivity index (χ4n) is 1.78. The molecule has 0 amide bonds. The van der Waals surface area contributed by atoms with Crippen LogP contribution in [0.2, 0.25) is 0 Å². The lowest BCUT2D eigenvalue weighted by atomic mass is 10.1. The molecule has 0 saturated carbocycles. The highest BCUT2D eigenvalue weighted by Crippen LogP contribution is 2.34. The average Bonchev–Trinajstić information content (AvgIpc) is 2.81. The summed E-state index contributed by atoms with van der Waals surface area (Å²) in [7, 11) is 2.95. The summed E-state index contributed by atoms with van der Waals surface area (Å²) in [5, 5.41) is 0.336. The van der Waals surface area contributed by atoms with Crippen molar-refractivity contribution in [1.82, 2.24) is 4.98 Å². The highest BCUT2D eigenvalue weighted by atomic mass is 32.1. The summed E-state index contributed by atoms with van der Waals surface area (Å²) in [5.41, 5.74) is 7.80. The molecule has 5 nitrogen and oxygen atoms in total. The van der Waals surface area contributed by atoms with Crippen molar-refractivity contribution in [2.75, 3.05) is 20.0 Å². The number of rotatable bonds is 4. The highest BCUT2D eigenvalue weighted by molar-refractivity contribution is 7.19. The maximum Gasteiger partial charge on any atom is 0.358 e. The molecule has 19 heavy (non-hydrogen) atoms. The standard InChI is InChI=1S/C13H14N2O3S/c1-17-7-8-5-3-4-6-9(8)11-10(12(16)18-2)15-13(14)19-11/h3-6H,7H2,1-2H3,(H2,14,15). The Kier molecular flexibility index (Phi) is 4.13. The van der Waals surface area contributed by atoms with Gasteiger partial charge in [0.15, 0.2) is 10.8 Å². The molecule has 0 unspecified atom stereocenters. The minimum Gasteiger partial charge on any atom is -0.464 e. The Morgan fingerprint density at radius 3 is 2.79 bits per heavy atom. The minimum absolute atomic E-state index is 0.244. The molecule has 0 aliphatic rings. The molecule has 6 heteroatoms. The van der Waals surface area contributed by atoms with E-state index in [0.717, 1.165) is 11.1 Å². The molecule has 0 fully saturated rings. The molecular formula is C13H14N2O3S. The monoisotopic (exact) mass is 278 g/mol. The van der Waals surface area contributed by atoms with Crippen LogP contribution in [0, 0.1) is 0 Å². The van der Waals surface area contributed by atoms with Gasteiger partial charge in [-0.2, -0.15) is 0 Å². The third kappa shape index (κ3) is 2.74. The van der Waals surface area contributed by atoms with E-state index in [1.165, 1.54) is 18.4 Å². The summed E-state index contributed by atoms with van der Waals surface area (Å²) >= 11 is 1.26. The van der Waals surface area contributed by atoms with E-state index in [1.54, 1.807) is 7.11 Å². The van der Waals surface area contributed by atoms with Crippen LogP contribution in [-0.2, 0) is 16.1 Å². The highest BCUT2D eigenvalue weighted by Gasteiger charge is 2.20. The first-order valence-corrected chi connectivity index (χ1v) is 6.40. The first-order valence-electron chi connectivity index (χ1n) is 5.59. The number of aromatic nitrogens is 1. The van der Waals surface area contributed by atoms with Gasteiger partial charge in [0.05, 0.1) is 18.6 Å². The Bertz CT molecular complexity index is 595. The van der Waals surface area contributed by atoms with E-state index in [9.17, 15) is 4.79 Å². The second-order valence-electron chi connectivity index (χ2n) is 3.81. The molecule has 0 spiro atoms. The molecule has 0 saturated heterocycles. The van der Waals surface area contributed by atoms with Gasteiger partial charge in [-0.3, -0.25) is 0 Å². The minimum atomic E-state index is -0.491. The molecule has 0 radical (unpaired) electrons. The quantitative estimate of drug-likeness (QED) is 0.869. The number of carbonyl (C=O) groups excluding carboxylic acids is 1. The maximum atomic E-state index is 11.7. The molecule has 0 aliphatic carbocycles. The number of nitrogen functional groups attached to an aromatic ring is 1. The van der Waals surface area contributed by atoms with E-state index in [2.05, 4.69) is 4.98 Å². The Morgan fingerprint density at radius 2 is 2.11 bits per heavy atom. The van der Waals surface area contributed by atoms with Crippen molar-refractivity contribution in [3.63, 3.8) is 0 Å². The molecule has 0 bridgehead atoms. The second-order valence-corrected chi connectivity index (χ2v) is 4.84. The van der Waals surface area contributed by atoms with Crippen LogP contribution in [0.5, 0.6) is 0 Å². The summed E-state index contributed by atoms with van der Waals surface area (Å²) in [4.78, 5) is 16.5. The van der Waals surface area contributed by atoms with Gasteiger partial charge in [-0.15, -0.1) is 0 Å². The third-order valence-corrected chi connectivity index (χ3v) is 3.50. The van der Waals surface area contributed by atoms with Gasteiger partial charge in [0.25, 0.3) is 0 Å². The summed E-state index contributed by atoms with van der Waals surface area (Å²) in [5.74, 6) is -0.491. The van der Waals surface area contributed by atoms with E-state index in [0.29, 0.717) is 16.6 Å². The first kappa shape index (κ1) is 13.5. The van der Waals surface area contributed by atoms with Gasteiger partial charge in [0, 0.05) is 7.11 Å². The van der Waals surface area contributed by atoms with Crippen LogP contribution < -0.4 is 5.73 Å². The second kappa shape index (κ2) is 5.81. The molecule has 0 aliphatic heterocycles. The van der Waals surface area contributed by atoms with E-state index in [-0.39, 0.29) is 5.69 Å². The van der Waals surface area contributed by atoms with Crippen molar-refractivity contribution in [3.05, 3.63) is 35.5 Å². The van der Waals surface area contributed by atoms with Crippen LogP contribution in [0.25, 0.3) is 10.4 Å². The topological polar surface area (TPSA) is 74.4 Å². The Morgan fingerprint density at radius 1 is 1.37 bits per heavy atom. The molecule has 1 heterocycles. The zero-order valence-electron chi connectivity index (χ0n) is 10.7. The lowest BCUT2D eigenvalue weighted by Crippen LogP contribution is -2.04. The van der Waals surface area contributed by atoms with Crippen LogP contribution in [-0.4, -0.2) is 25.2 Å². The predicted octanol–water partition coefficient (Wildman–Crippen LogP) is 2.33. The van der Waals surface area contributed by atoms with Crippen molar-refractivity contribution in [1.29, 1.82) is 0 Å². The Labute approximate surface area is 115 Å². The van der Waals surface area contributed by atoms with Crippen molar-refractivity contribution < 1.29 is 14.3 Å². The predicted molar refractivity (Wildman–Crippen MR) is 74.0 cm³/mol. The number of hydrogen-bond donors (Lipinski definition) is 1. The van der Waals surface area contributed by atoms with E-state index >= 15 is 0 Å². The van der Waals surface area contributed by atoms with Crippen LogP contribution in [0.3, 0.4) is 0 Å². The van der Waals surface area contributed by atoms with Gasteiger partial charge in [-0.1, -0.05) is 35.6 Å². The van der Waals surface area contributed by atoms with Gasteiger partial charge in [-0.05, 0) is 11.1 Å². The average molecular weight is 278 g/mol. The molecule has 0 atom stereocenters. The summed E-state index contributed by atoms with van der Waals surface area (Å²) < 4.78 is 9.89. The van der Waals surface area contributed by atoms with Crippen molar-refractivity contribution in [2.45, 2.75) is 6.61 Å². The summed E-state index contributed by atoms with van der Waals surface area (Å²) in [6.07, 6.45) is 0. The zero-order valence-corrected chi connectivity index (χ0v) is 11.5. The van der Waals surface area contributed by atoms with Gasteiger partial charge >= 0.3 is 5.97 Å². The van der Waals surface area contributed by atoms with Crippen molar-refractivity contribution in [3.8, 4) is 10.4 Å². The van der Waals surface area contributed by atoms with Crippen molar-refractivity contribution >= 4 is 22.4 Å². The molecule has 1 aromatic carbocycles. The lowest BCUT2D eigenvalue weighted by molar-refractivity contribution is 0.0596. The number of methoxy groups -OCH3 is 2. The third-order valence-electron chi connectivity index (χ3n) is 2.58. The van der Waals surface area contributed by atoms with Gasteiger partial charge in [-0.25, -0.2) is 9.78 Å². The van der Waals surface area contributed by atoms with E-state index < -0.39 is 5.97 Å². The fourth-order valence-corrected chi connectivity index (χ4v) is 2.66. The number of carbonyl (C=O) groups is 1. The SMILES string of the molecule is COCc1ccccc1-c1sc(N)nc1C(=O)OC. The Balaban J connectivity index is 2.55. The molecular weight excluding hydrogens is 264 g/mol. The molecule has 2 aromatic rings. The normalized spacial score (nSPS) is 10.4. The van der Waals surface area contributed by atoms with Crippen LogP contribution >= 0.6 is 11.3 Å². The number of nitrogens with two attached hydrogens (primary N) is 1. The fraction of sp³-hybridized carbons (Fsp3) is 0.231. The molecule has 2 rings (SSSR count). The summed E-state index contributed by atoms with van der Waals surface area (Å²) in [6.45, 7) is 0.453. The Hall–Kier alpha value is -1.92. The van der Waals surface area contributed by atoms with Crippen LogP contribution in [0.4, 0.5) is 5.13 Å². The molecule has 1 aromatic heterocycles. The van der Waals surface area contributed by atoms with Crippen LogP contribution in [0.1, 0.15) is 16.1 Å². The van der Waals surface area contributed by atoms with Gasteiger partial charge < -0.3 is 15.2 Å². The number of thiazole rings is 1. The number of benzene rings is 1. The number of ether oxygens (including phenoxy) is 2. The zero-order chi connectivity index (χ0) is 13.8. The molecule has 100 valence electrons. The maximum absolute atomic E-state index is 11.7. The smallest absolute Gasteiger partial charge is 0.358 e. The largest absolute Gasteiger partial charge is 0.464 e. The lowest BCUT2D eigenvalue weighted by Gasteiger charge is -2.07. The number of esters is 1. The number of nitrogens with zero attached hydrogens (tertiary/aromatic N) is 1.